The summed E-state index contributed by atoms with van der Waals surface area (Å²) in [6, 6.07) is 0. The van der Waals surface area contributed by atoms with Gasteiger partial charge in [0, 0.05) is 40.1 Å². The van der Waals surface area contributed by atoms with E-state index in [0.29, 0.717) is 0 Å². The van der Waals surface area contributed by atoms with Crippen molar-refractivity contribution in [3.8, 4) is 0 Å². The minimum absolute atomic E-state index is 0. The first-order valence-electron chi connectivity index (χ1n) is 5.06. The number of hydrogen-bond acceptors (Lipinski definition) is 2. The maximum absolute atomic E-state index is 4.68. The summed E-state index contributed by atoms with van der Waals surface area (Å²) in [5.41, 5.74) is 1.40. The average molecular weight is 376 g/mol. The third-order valence-corrected chi connectivity index (χ3v) is 1.95. The molecule has 15 heavy (non-hydrogen) atoms. The van der Waals surface area contributed by atoms with Crippen LogP contribution < -0.4 is 0 Å². The monoisotopic (exact) mass is 377 g/mol. The molecule has 0 N–H and O–H groups in total. The van der Waals surface area contributed by atoms with Crippen molar-refractivity contribution in [2.24, 2.45) is 0 Å². The normalized spacial score (nSPS) is 13.0. The maximum Gasteiger partial charge on any atom is 0.154 e. The molecule has 0 bridgehead atoms. The Hall–Kier alpha value is 0.270. The van der Waals surface area contributed by atoms with Crippen molar-refractivity contribution < 1.29 is 35.3 Å². The quantitative estimate of drug-likeness (QED) is 0.427. The smallest absolute Gasteiger partial charge is 0.154 e. The van der Waals surface area contributed by atoms with Crippen molar-refractivity contribution in [1.82, 2.24) is 0 Å². The molecule has 1 rings (SSSR count). The first-order valence-corrected chi connectivity index (χ1v) is 5.06. The predicted molar refractivity (Wildman–Crippen MR) is 58.9 cm³/mol. The molecule has 0 spiro atoms. The molecule has 0 aliphatic heterocycles. The van der Waals surface area contributed by atoms with Gasteiger partial charge in [-0.2, -0.15) is 6.08 Å². The second-order valence-electron chi connectivity index (χ2n) is 3.10. The number of hydrogen-bond donors (Lipinski definition) is 0. The van der Waals surface area contributed by atoms with Crippen LogP contribution in [-0.4, -0.2) is 20.5 Å². The van der Waals surface area contributed by atoms with Crippen LogP contribution >= 0.6 is 0 Å². The van der Waals surface area contributed by atoms with Gasteiger partial charge in [-0.05, 0) is 6.92 Å². The molecule has 0 radical (unpaired) electrons. The van der Waals surface area contributed by atoms with Crippen LogP contribution in [0.25, 0.3) is 0 Å². The van der Waals surface area contributed by atoms with Gasteiger partial charge >= 0.3 is 0 Å². The Morgan fingerprint density at radius 2 is 2.00 bits per heavy atom. The van der Waals surface area contributed by atoms with Crippen LogP contribution in [0.15, 0.2) is 17.7 Å². The Labute approximate surface area is 113 Å². The number of ether oxygens (including phenoxy) is 2. The van der Waals surface area contributed by atoms with E-state index in [1.54, 1.807) is 14.2 Å². The molecule has 0 unspecified atom stereocenters. The Morgan fingerprint density at radius 3 is 2.27 bits per heavy atom. The molecule has 3 heteroatoms. The molecule has 1 aliphatic rings. The van der Waals surface area contributed by atoms with Crippen molar-refractivity contribution in [3.63, 3.8) is 0 Å². The summed E-state index contributed by atoms with van der Waals surface area (Å²) in [4.78, 5) is 0. The minimum atomic E-state index is -0.0648. The van der Waals surface area contributed by atoms with E-state index >= 15 is 0 Å². The van der Waals surface area contributed by atoms with Crippen LogP contribution in [0.3, 0.4) is 0 Å². The maximum atomic E-state index is 4.68. The molecule has 2 nitrogen and oxygen atoms in total. The van der Waals surface area contributed by atoms with Gasteiger partial charge in [0.05, 0.1) is 0 Å². The van der Waals surface area contributed by atoms with Gasteiger partial charge in [-0.15, -0.1) is 6.42 Å². The number of allylic oxidation sites excluding steroid dienone is 4. The van der Waals surface area contributed by atoms with Gasteiger partial charge in [-0.25, -0.2) is 11.6 Å². The third kappa shape index (κ3) is 10.6. The molecule has 1 aliphatic carbocycles. The van der Waals surface area contributed by atoms with Crippen LogP contribution in [0.4, 0.5) is 0 Å². The summed E-state index contributed by atoms with van der Waals surface area (Å²) in [6.07, 6.45) is 11.0. The molecule has 0 saturated carbocycles. The van der Waals surface area contributed by atoms with Crippen LogP contribution in [-0.2, 0) is 35.3 Å². The summed E-state index contributed by atoms with van der Waals surface area (Å²) < 4.78 is 9.35. The summed E-state index contributed by atoms with van der Waals surface area (Å²) in [5.74, 6) is 0. The fourth-order valence-corrected chi connectivity index (χ4v) is 0.987. The van der Waals surface area contributed by atoms with E-state index < -0.39 is 0 Å². The van der Waals surface area contributed by atoms with E-state index in [1.807, 2.05) is 6.92 Å². The van der Waals surface area contributed by atoms with Crippen LogP contribution in [0, 0.1) is 6.08 Å². The topological polar surface area (TPSA) is 18.5 Å². The molecule has 0 atom stereocenters. The molecule has 0 amide bonds. The SMILES string of the molecule is CCCC1=[C-]CC=C1.COC(C)OC.[Hf]. The van der Waals surface area contributed by atoms with Crippen molar-refractivity contribution in [3.05, 3.63) is 23.8 Å². The first kappa shape index (κ1) is 17.7. The minimum Gasteiger partial charge on any atom is -0.356 e. The zero-order valence-corrected chi connectivity index (χ0v) is 13.8. The van der Waals surface area contributed by atoms with E-state index in [1.165, 1.54) is 18.4 Å². The van der Waals surface area contributed by atoms with Gasteiger partial charge in [0.25, 0.3) is 0 Å². The molecule has 0 aromatic rings. The van der Waals surface area contributed by atoms with E-state index in [-0.39, 0.29) is 32.1 Å². The van der Waals surface area contributed by atoms with Crippen molar-refractivity contribution in [2.45, 2.75) is 39.4 Å². The van der Waals surface area contributed by atoms with Crippen molar-refractivity contribution in [2.75, 3.05) is 14.2 Å². The summed E-state index contributed by atoms with van der Waals surface area (Å²) in [6.45, 7) is 4.03. The van der Waals surface area contributed by atoms with E-state index in [9.17, 15) is 0 Å². The summed E-state index contributed by atoms with van der Waals surface area (Å²) >= 11 is 0. The predicted octanol–water partition coefficient (Wildman–Crippen LogP) is 3.10. The van der Waals surface area contributed by atoms with Gasteiger partial charge in [0.2, 0.25) is 0 Å². The zero-order chi connectivity index (χ0) is 10.8. The fraction of sp³-hybridized carbons (Fsp3) is 0.667. The fourth-order valence-electron chi connectivity index (χ4n) is 0.987. The second kappa shape index (κ2) is 12.3. The molecule has 0 aromatic carbocycles. The van der Waals surface area contributed by atoms with Crippen LogP contribution in [0.5, 0.6) is 0 Å². The van der Waals surface area contributed by atoms with Gasteiger partial charge in [0.15, 0.2) is 6.29 Å². The van der Waals surface area contributed by atoms with E-state index in [4.69, 9.17) is 0 Å². The van der Waals surface area contributed by atoms with Crippen molar-refractivity contribution in [1.29, 1.82) is 0 Å². The van der Waals surface area contributed by atoms with Gasteiger partial charge in [0.1, 0.15) is 0 Å². The van der Waals surface area contributed by atoms with Gasteiger partial charge in [-0.3, -0.25) is 6.08 Å². The van der Waals surface area contributed by atoms with Crippen LogP contribution in [0.2, 0.25) is 0 Å². The Balaban J connectivity index is 0. The summed E-state index contributed by atoms with van der Waals surface area (Å²) in [5, 5.41) is 0. The molecule has 0 saturated heterocycles. The standard InChI is InChI=1S/C8H11.C4H10O2.Hf/c1-2-5-8-6-3-4-7-8;1-4(5-2)6-3;/h3,6H,2,4-5H2,1H3;4H,1-3H3;/q-1;;. The number of methoxy groups -OCH3 is 2. The van der Waals surface area contributed by atoms with Crippen LogP contribution in [0.1, 0.15) is 33.1 Å². The molecule has 0 heterocycles. The number of rotatable bonds is 4. The van der Waals surface area contributed by atoms with Crippen molar-refractivity contribution >= 4 is 0 Å². The average Bonchev–Trinajstić information content (AvgIpc) is 2.71. The Morgan fingerprint density at radius 1 is 1.40 bits per heavy atom. The first-order chi connectivity index (χ1) is 6.74. The zero-order valence-electron chi connectivity index (χ0n) is 10.2. The third-order valence-electron chi connectivity index (χ3n) is 1.95. The molecule has 0 fully saturated rings. The largest absolute Gasteiger partial charge is 0.356 e. The van der Waals surface area contributed by atoms with Gasteiger partial charge in [-0.1, -0.05) is 19.8 Å². The Bertz CT molecular complexity index is 184. The summed E-state index contributed by atoms with van der Waals surface area (Å²) in [7, 11) is 3.21. The molecular weight excluding hydrogens is 355 g/mol. The Kier molecular flexibility index (Phi) is 14.5. The molecule has 86 valence electrons. The van der Waals surface area contributed by atoms with E-state index in [0.717, 1.165) is 6.42 Å². The molecular formula is C12H21HfO2-. The molecule has 0 aromatic heterocycles. The second-order valence-corrected chi connectivity index (χ2v) is 3.10. The van der Waals surface area contributed by atoms with E-state index in [2.05, 4.69) is 34.6 Å². The van der Waals surface area contributed by atoms with Gasteiger partial charge < -0.3 is 9.47 Å².